The second-order valence-corrected chi connectivity index (χ2v) is 7.12. The van der Waals surface area contributed by atoms with Gasteiger partial charge in [0, 0.05) is 10.3 Å². The molecule has 0 unspecified atom stereocenters. The van der Waals surface area contributed by atoms with Gasteiger partial charge in [0.25, 0.3) is 0 Å². The summed E-state index contributed by atoms with van der Waals surface area (Å²) in [5.74, 6) is 0.818. The van der Waals surface area contributed by atoms with E-state index in [1.807, 2.05) is 0 Å². The van der Waals surface area contributed by atoms with E-state index in [-0.39, 0.29) is 5.97 Å². The van der Waals surface area contributed by atoms with E-state index in [2.05, 4.69) is 16.9 Å². The van der Waals surface area contributed by atoms with Crippen LogP contribution < -0.4 is 0 Å². The van der Waals surface area contributed by atoms with Crippen LogP contribution in [-0.2, 0) is 22.4 Å². The predicted molar refractivity (Wildman–Crippen MR) is 81.3 cm³/mol. The van der Waals surface area contributed by atoms with E-state index in [0.717, 1.165) is 34.0 Å². The highest BCUT2D eigenvalue weighted by molar-refractivity contribution is 8.00. The smallest absolute Gasteiger partial charge is 0.316 e. The van der Waals surface area contributed by atoms with Gasteiger partial charge in [-0.1, -0.05) is 18.7 Å². The fourth-order valence-electron chi connectivity index (χ4n) is 2.54. The van der Waals surface area contributed by atoms with Crippen molar-refractivity contribution in [1.29, 1.82) is 0 Å². The van der Waals surface area contributed by atoms with Crippen molar-refractivity contribution in [2.24, 2.45) is 5.92 Å². The highest BCUT2D eigenvalue weighted by Gasteiger charge is 2.23. The molecule has 0 amide bonds. The van der Waals surface area contributed by atoms with Crippen LogP contribution in [0.2, 0.25) is 0 Å². The third-order valence-electron chi connectivity index (χ3n) is 3.61. The van der Waals surface area contributed by atoms with E-state index >= 15 is 0 Å². The van der Waals surface area contributed by atoms with Gasteiger partial charge >= 0.3 is 5.97 Å². The van der Waals surface area contributed by atoms with Crippen LogP contribution in [0.15, 0.2) is 11.4 Å². The number of nitrogens with zero attached hydrogens (tertiary/aromatic N) is 2. The summed E-state index contributed by atoms with van der Waals surface area (Å²) in [5, 5.41) is 2.07. The number of ether oxygens (including phenoxy) is 1. The van der Waals surface area contributed by atoms with Gasteiger partial charge in [0.1, 0.15) is 16.2 Å². The third-order valence-corrected chi connectivity index (χ3v) is 5.74. The summed E-state index contributed by atoms with van der Waals surface area (Å²) >= 11 is 3.22. The number of hydrogen-bond acceptors (Lipinski definition) is 6. The number of aryl methyl sites for hydroxylation is 1. The zero-order valence-corrected chi connectivity index (χ0v) is 13.1. The maximum Gasteiger partial charge on any atom is 0.316 e. The normalized spacial score (nSPS) is 18.0. The number of carbonyl (C=O) groups is 1. The molecule has 106 valence electrons. The van der Waals surface area contributed by atoms with Crippen molar-refractivity contribution in [1.82, 2.24) is 9.97 Å². The molecule has 20 heavy (non-hydrogen) atoms. The first-order valence-corrected chi connectivity index (χ1v) is 8.44. The molecule has 6 heteroatoms. The number of hydrogen-bond donors (Lipinski definition) is 0. The van der Waals surface area contributed by atoms with Gasteiger partial charge in [0.15, 0.2) is 0 Å². The van der Waals surface area contributed by atoms with Crippen LogP contribution in [0.1, 0.15) is 23.8 Å². The number of methoxy groups -OCH3 is 1. The van der Waals surface area contributed by atoms with Crippen LogP contribution in [-0.4, -0.2) is 28.8 Å². The van der Waals surface area contributed by atoms with Crippen LogP contribution in [0, 0.1) is 5.92 Å². The summed E-state index contributed by atoms with van der Waals surface area (Å²) in [6.45, 7) is 2.30. The molecule has 0 bridgehead atoms. The van der Waals surface area contributed by atoms with E-state index < -0.39 is 0 Å². The van der Waals surface area contributed by atoms with Gasteiger partial charge in [-0.15, -0.1) is 11.3 Å². The molecular formula is C14H16N2O2S2. The lowest BCUT2D eigenvalue weighted by molar-refractivity contribution is -0.137. The van der Waals surface area contributed by atoms with Crippen molar-refractivity contribution in [2.75, 3.05) is 12.9 Å². The van der Waals surface area contributed by atoms with E-state index in [9.17, 15) is 4.79 Å². The number of thiophene rings is 1. The van der Waals surface area contributed by atoms with Gasteiger partial charge in [0.2, 0.25) is 0 Å². The highest BCUT2D eigenvalue weighted by Crippen LogP contribution is 2.40. The van der Waals surface area contributed by atoms with Gasteiger partial charge in [0.05, 0.1) is 12.9 Å². The van der Waals surface area contributed by atoms with Crippen LogP contribution >= 0.6 is 23.1 Å². The van der Waals surface area contributed by atoms with E-state index in [0.29, 0.717) is 5.75 Å². The SMILES string of the molecule is COC(=O)CSc1ncnc2sc3c(c12)CC[C@@H](C)C3. The van der Waals surface area contributed by atoms with Gasteiger partial charge in [-0.25, -0.2) is 9.97 Å². The Bertz CT molecular complexity index is 654. The van der Waals surface area contributed by atoms with Crippen LogP contribution in [0.5, 0.6) is 0 Å². The van der Waals surface area contributed by atoms with Crippen molar-refractivity contribution in [3.05, 3.63) is 16.8 Å². The molecular weight excluding hydrogens is 292 g/mol. The molecule has 0 aliphatic heterocycles. The lowest BCUT2D eigenvalue weighted by Gasteiger charge is -2.18. The summed E-state index contributed by atoms with van der Waals surface area (Å²) in [6.07, 6.45) is 5.04. The summed E-state index contributed by atoms with van der Waals surface area (Å²) < 4.78 is 4.69. The van der Waals surface area contributed by atoms with Crippen LogP contribution in [0.3, 0.4) is 0 Å². The second kappa shape index (κ2) is 5.69. The van der Waals surface area contributed by atoms with E-state index in [4.69, 9.17) is 4.74 Å². The predicted octanol–water partition coefficient (Wildman–Crippen LogP) is 3.08. The van der Waals surface area contributed by atoms with Gasteiger partial charge < -0.3 is 4.74 Å². The number of fused-ring (bicyclic) bond motifs is 3. The molecule has 0 saturated heterocycles. The third kappa shape index (κ3) is 2.54. The molecule has 0 spiro atoms. The highest BCUT2D eigenvalue weighted by atomic mass is 32.2. The monoisotopic (exact) mass is 308 g/mol. The largest absolute Gasteiger partial charge is 0.468 e. The number of carbonyl (C=O) groups excluding carboxylic acids is 1. The maximum absolute atomic E-state index is 11.3. The molecule has 0 aromatic carbocycles. The quantitative estimate of drug-likeness (QED) is 0.495. The fourth-order valence-corrected chi connectivity index (χ4v) is 4.82. The molecule has 2 heterocycles. The number of esters is 1. The molecule has 3 rings (SSSR count). The van der Waals surface area contributed by atoms with Gasteiger partial charge in [-0.05, 0) is 30.7 Å². The standard InChI is InChI=1S/C14H16N2O2S2/c1-8-3-4-9-10(5-8)20-14-12(9)13(15-7-16-14)19-6-11(17)18-2/h7-8H,3-6H2,1-2H3/t8-/m1/s1. The van der Waals surface area contributed by atoms with E-state index in [1.165, 1.54) is 35.7 Å². The molecule has 4 nitrogen and oxygen atoms in total. The zero-order valence-electron chi connectivity index (χ0n) is 11.5. The van der Waals surface area contributed by atoms with Crippen molar-refractivity contribution in [2.45, 2.75) is 31.2 Å². The Morgan fingerprint density at radius 3 is 3.20 bits per heavy atom. The Hall–Kier alpha value is -1.14. The Balaban J connectivity index is 1.98. The first kappa shape index (κ1) is 13.8. The Kier molecular flexibility index (Phi) is 3.94. The number of rotatable bonds is 3. The van der Waals surface area contributed by atoms with E-state index in [1.54, 1.807) is 17.7 Å². The first-order valence-electron chi connectivity index (χ1n) is 6.64. The lowest BCUT2D eigenvalue weighted by atomic mass is 9.89. The Morgan fingerprint density at radius 1 is 1.55 bits per heavy atom. The minimum absolute atomic E-state index is 0.223. The molecule has 0 N–H and O–H groups in total. The molecule has 1 atom stereocenters. The topological polar surface area (TPSA) is 52.1 Å². The maximum atomic E-state index is 11.3. The summed E-state index contributed by atoms with van der Waals surface area (Å²) in [6, 6.07) is 0. The average Bonchev–Trinajstić information content (AvgIpc) is 2.82. The molecule has 2 aromatic heterocycles. The lowest BCUT2D eigenvalue weighted by Crippen LogP contribution is -2.09. The molecule has 1 aliphatic carbocycles. The molecule has 0 fully saturated rings. The van der Waals surface area contributed by atoms with Crippen molar-refractivity contribution < 1.29 is 9.53 Å². The summed E-state index contributed by atoms with van der Waals surface area (Å²) in [5.41, 5.74) is 1.40. The average molecular weight is 308 g/mol. The molecule has 0 saturated carbocycles. The second-order valence-electron chi connectivity index (χ2n) is 5.08. The Morgan fingerprint density at radius 2 is 2.40 bits per heavy atom. The minimum Gasteiger partial charge on any atom is -0.468 e. The Labute approximate surface area is 126 Å². The fraction of sp³-hybridized carbons (Fsp3) is 0.500. The van der Waals surface area contributed by atoms with Gasteiger partial charge in [-0.2, -0.15) is 0 Å². The van der Waals surface area contributed by atoms with Crippen LogP contribution in [0.4, 0.5) is 0 Å². The zero-order chi connectivity index (χ0) is 14.1. The summed E-state index contributed by atoms with van der Waals surface area (Å²) in [4.78, 5) is 22.6. The summed E-state index contributed by atoms with van der Waals surface area (Å²) in [7, 11) is 1.41. The molecule has 2 aromatic rings. The number of aromatic nitrogens is 2. The number of thioether (sulfide) groups is 1. The first-order chi connectivity index (χ1) is 9.69. The minimum atomic E-state index is -0.223. The van der Waals surface area contributed by atoms with Crippen molar-refractivity contribution >= 4 is 39.3 Å². The molecule has 1 aliphatic rings. The van der Waals surface area contributed by atoms with Crippen molar-refractivity contribution in [3.8, 4) is 0 Å². The van der Waals surface area contributed by atoms with Gasteiger partial charge in [-0.3, -0.25) is 4.79 Å². The molecule has 0 radical (unpaired) electrons. The van der Waals surface area contributed by atoms with Crippen LogP contribution in [0.25, 0.3) is 10.2 Å². The van der Waals surface area contributed by atoms with Crippen molar-refractivity contribution in [3.63, 3.8) is 0 Å².